The molecule has 0 heterocycles. The number of rotatable bonds is 8. The second kappa shape index (κ2) is 8.26. The molecule has 1 unspecified atom stereocenters. The average molecular weight is 332 g/mol. The minimum Gasteiger partial charge on any atom is -0.479 e. The summed E-state index contributed by atoms with van der Waals surface area (Å²) in [5, 5.41) is 21.3. The van der Waals surface area contributed by atoms with Crippen molar-refractivity contribution in [1.29, 1.82) is 0 Å². The second-order valence-electron chi connectivity index (χ2n) is 4.76. The van der Waals surface area contributed by atoms with Gasteiger partial charge in [-0.25, -0.2) is 4.79 Å². The standard InChI is InChI=1S/C14H18ClNO4S/c1-14(20,13(18)19)9-16-12(17)3-2-8-21-11-6-4-10(15)5-7-11/h4-7,20H,2-3,8-9H2,1H3,(H,16,17)(H,18,19). The third-order valence-electron chi connectivity index (χ3n) is 2.72. The zero-order chi connectivity index (χ0) is 15.9. The predicted molar refractivity (Wildman–Crippen MR) is 82.7 cm³/mol. The van der Waals surface area contributed by atoms with Gasteiger partial charge in [0.25, 0.3) is 0 Å². The van der Waals surface area contributed by atoms with Crippen molar-refractivity contribution in [2.24, 2.45) is 0 Å². The van der Waals surface area contributed by atoms with E-state index in [0.29, 0.717) is 11.4 Å². The summed E-state index contributed by atoms with van der Waals surface area (Å²) in [6.45, 7) is 0.845. The SMILES string of the molecule is CC(O)(CNC(=O)CCCSc1ccc(Cl)cc1)C(=O)O. The van der Waals surface area contributed by atoms with Crippen LogP contribution in [-0.2, 0) is 9.59 Å². The lowest BCUT2D eigenvalue weighted by Gasteiger charge is -2.18. The number of carboxylic acids is 1. The topological polar surface area (TPSA) is 86.6 Å². The summed E-state index contributed by atoms with van der Waals surface area (Å²) in [7, 11) is 0. The van der Waals surface area contributed by atoms with Crippen LogP contribution in [-0.4, -0.2) is 40.0 Å². The first-order chi connectivity index (χ1) is 9.81. The maximum absolute atomic E-state index is 11.5. The van der Waals surface area contributed by atoms with Crippen molar-refractivity contribution in [3.63, 3.8) is 0 Å². The molecule has 0 spiro atoms. The summed E-state index contributed by atoms with van der Waals surface area (Å²) in [4.78, 5) is 23.3. The molecule has 1 aromatic rings. The number of hydrogen-bond donors (Lipinski definition) is 3. The van der Waals surface area contributed by atoms with Crippen LogP contribution >= 0.6 is 23.4 Å². The Morgan fingerprint density at radius 1 is 1.33 bits per heavy atom. The van der Waals surface area contributed by atoms with Crippen LogP contribution in [0, 0.1) is 0 Å². The Labute approximate surface area is 132 Å². The zero-order valence-electron chi connectivity index (χ0n) is 11.6. The van der Waals surface area contributed by atoms with Crippen molar-refractivity contribution >= 4 is 35.2 Å². The maximum Gasteiger partial charge on any atom is 0.337 e. The van der Waals surface area contributed by atoms with Gasteiger partial charge in [0.05, 0.1) is 6.54 Å². The van der Waals surface area contributed by atoms with E-state index in [1.807, 2.05) is 24.3 Å². The summed E-state index contributed by atoms with van der Waals surface area (Å²) in [6, 6.07) is 7.45. The third kappa shape index (κ3) is 6.84. The summed E-state index contributed by atoms with van der Waals surface area (Å²) in [5.74, 6) is -0.862. The Morgan fingerprint density at radius 2 is 1.95 bits per heavy atom. The molecule has 21 heavy (non-hydrogen) atoms. The molecule has 7 heteroatoms. The molecule has 0 aliphatic rings. The molecular formula is C14H18ClNO4S. The highest BCUT2D eigenvalue weighted by Gasteiger charge is 2.30. The molecule has 116 valence electrons. The van der Waals surface area contributed by atoms with Crippen LogP contribution in [0.25, 0.3) is 0 Å². The van der Waals surface area contributed by atoms with Gasteiger partial charge in [0.15, 0.2) is 5.60 Å². The number of halogens is 1. The van der Waals surface area contributed by atoms with E-state index in [4.69, 9.17) is 16.7 Å². The maximum atomic E-state index is 11.5. The van der Waals surface area contributed by atoms with Crippen molar-refractivity contribution in [3.05, 3.63) is 29.3 Å². The summed E-state index contributed by atoms with van der Waals surface area (Å²) in [5.41, 5.74) is -1.94. The Kier molecular flexibility index (Phi) is 7.01. The van der Waals surface area contributed by atoms with Crippen LogP contribution in [0.2, 0.25) is 5.02 Å². The molecule has 0 aliphatic carbocycles. The predicted octanol–water partition coefficient (Wildman–Crippen LogP) is 2.16. The molecule has 0 fully saturated rings. The third-order valence-corrected chi connectivity index (χ3v) is 4.07. The normalized spacial score (nSPS) is 13.5. The van der Waals surface area contributed by atoms with E-state index in [9.17, 15) is 14.7 Å². The van der Waals surface area contributed by atoms with Crippen molar-refractivity contribution in [2.75, 3.05) is 12.3 Å². The fourth-order valence-electron chi connectivity index (χ4n) is 1.39. The van der Waals surface area contributed by atoms with E-state index in [1.165, 1.54) is 0 Å². The molecule has 1 amide bonds. The van der Waals surface area contributed by atoms with Gasteiger partial charge < -0.3 is 15.5 Å². The van der Waals surface area contributed by atoms with Crippen LogP contribution in [0.15, 0.2) is 29.2 Å². The van der Waals surface area contributed by atoms with Gasteiger partial charge in [-0.2, -0.15) is 0 Å². The summed E-state index contributed by atoms with van der Waals surface area (Å²) >= 11 is 7.40. The van der Waals surface area contributed by atoms with Gasteiger partial charge in [-0.15, -0.1) is 11.8 Å². The molecule has 3 N–H and O–H groups in total. The van der Waals surface area contributed by atoms with Gasteiger partial charge in [0, 0.05) is 16.3 Å². The number of nitrogens with one attached hydrogen (secondary N) is 1. The number of carbonyl (C=O) groups excluding carboxylic acids is 1. The Morgan fingerprint density at radius 3 is 2.52 bits per heavy atom. The van der Waals surface area contributed by atoms with E-state index in [1.54, 1.807) is 11.8 Å². The minimum absolute atomic E-state index is 0.270. The molecule has 0 bridgehead atoms. The summed E-state index contributed by atoms with van der Waals surface area (Å²) < 4.78 is 0. The Balaban J connectivity index is 2.19. The lowest BCUT2D eigenvalue weighted by molar-refractivity contribution is -0.156. The number of aliphatic carboxylic acids is 1. The minimum atomic E-state index is -1.94. The highest BCUT2D eigenvalue weighted by Crippen LogP contribution is 2.21. The zero-order valence-corrected chi connectivity index (χ0v) is 13.2. The molecular weight excluding hydrogens is 314 g/mol. The largest absolute Gasteiger partial charge is 0.479 e. The first kappa shape index (κ1) is 17.8. The smallest absolute Gasteiger partial charge is 0.337 e. The first-order valence-corrected chi connectivity index (χ1v) is 7.78. The lowest BCUT2D eigenvalue weighted by atomic mass is 10.1. The van der Waals surface area contributed by atoms with Gasteiger partial charge >= 0.3 is 5.97 Å². The molecule has 0 radical (unpaired) electrons. The van der Waals surface area contributed by atoms with Crippen molar-refractivity contribution in [2.45, 2.75) is 30.3 Å². The number of hydrogen-bond acceptors (Lipinski definition) is 4. The molecule has 1 rings (SSSR count). The van der Waals surface area contributed by atoms with E-state index in [0.717, 1.165) is 17.6 Å². The molecule has 5 nitrogen and oxygen atoms in total. The number of carboxylic acid groups (broad SMARTS) is 1. The van der Waals surface area contributed by atoms with Crippen molar-refractivity contribution in [3.8, 4) is 0 Å². The van der Waals surface area contributed by atoms with Gasteiger partial charge in [-0.3, -0.25) is 4.79 Å². The van der Waals surface area contributed by atoms with Gasteiger partial charge in [0.1, 0.15) is 0 Å². The van der Waals surface area contributed by atoms with E-state index >= 15 is 0 Å². The number of carbonyl (C=O) groups is 2. The lowest BCUT2D eigenvalue weighted by Crippen LogP contribution is -2.46. The van der Waals surface area contributed by atoms with Crippen LogP contribution in [0.4, 0.5) is 0 Å². The van der Waals surface area contributed by atoms with Crippen LogP contribution in [0.5, 0.6) is 0 Å². The molecule has 0 aromatic heterocycles. The fraction of sp³-hybridized carbons (Fsp3) is 0.429. The van der Waals surface area contributed by atoms with Gasteiger partial charge in [0.2, 0.25) is 5.91 Å². The number of aliphatic hydroxyl groups is 1. The van der Waals surface area contributed by atoms with E-state index < -0.39 is 11.6 Å². The average Bonchev–Trinajstić information content (AvgIpc) is 2.43. The van der Waals surface area contributed by atoms with Gasteiger partial charge in [-0.05, 0) is 43.4 Å². The molecule has 0 saturated carbocycles. The highest BCUT2D eigenvalue weighted by molar-refractivity contribution is 7.99. The molecule has 1 atom stereocenters. The highest BCUT2D eigenvalue weighted by atomic mass is 35.5. The second-order valence-corrected chi connectivity index (χ2v) is 6.37. The molecule has 0 saturated heterocycles. The monoisotopic (exact) mass is 331 g/mol. The van der Waals surface area contributed by atoms with Crippen LogP contribution in [0.3, 0.4) is 0 Å². The van der Waals surface area contributed by atoms with E-state index in [2.05, 4.69) is 5.32 Å². The molecule has 0 aliphatic heterocycles. The van der Waals surface area contributed by atoms with Crippen molar-refractivity contribution in [1.82, 2.24) is 5.32 Å². The van der Waals surface area contributed by atoms with Crippen LogP contribution in [0.1, 0.15) is 19.8 Å². The first-order valence-electron chi connectivity index (χ1n) is 6.42. The Hall–Kier alpha value is -1.24. The fourth-order valence-corrected chi connectivity index (χ4v) is 2.37. The summed E-state index contributed by atoms with van der Waals surface area (Å²) in [6.07, 6.45) is 0.949. The van der Waals surface area contributed by atoms with Gasteiger partial charge in [-0.1, -0.05) is 11.6 Å². The van der Waals surface area contributed by atoms with E-state index in [-0.39, 0.29) is 18.9 Å². The number of thioether (sulfide) groups is 1. The number of benzene rings is 1. The van der Waals surface area contributed by atoms with Crippen molar-refractivity contribution < 1.29 is 19.8 Å². The number of amides is 1. The molecule has 1 aromatic carbocycles. The quantitative estimate of drug-likeness (QED) is 0.502. The Bertz CT molecular complexity index is 490. The van der Waals surface area contributed by atoms with Crippen LogP contribution < -0.4 is 5.32 Å².